The molecule has 3 fully saturated rings. The minimum absolute atomic E-state index is 0.0316. The van der Waals surface area contributed by atoms with E-state index in [-0.39, 0.29) is 38.9 Å². The van der Waals surface area contributed by atoms with Crippen LogP contribution in [0.2, 0.25) is 5.02 Å². The van der Waals surface area contributed by atoms with Crippen LogP contribution in [-0.4, -0.2) is 56.8 Å². The number of hydrogen-bond acceptors (Lipinski definition) is 6. The van der Waals surface area contributed by atoms with Crippen LogP contribution in [0.5, 0.6) is 0 Å². The fourth-order valence-electron chi connectivity index (χ4n) is 4.95. The zero-order valence-corrected chi connectivity index (χ0v) is 21.2. The lowest BCUT2D eigenvalue weighted by Crippen LogP contribution is -2.47. The van der Waals surface area contributed by atoms with Gasteiger partial charge in [0.2, 0.25) is 11.8 Å². The Morgan fingerprint density at radius 1 is 1.06 bits per heavy atom. The number of halogens is 3. The number of rotatable bonds is 5. The lowest BCUT2D eigenvalue weighted by Gasteiger charge is -2.28. The maximum atomic E-state index is 13.0. The summed E-state index contributed by atoms with van der Waals surface area (Å²) in [6.07, 6.45) is 0.785. The third-order valence-corrected chi connectivity index (χ3v) is 9.98. The van der Waals surface area contributed by atoms with Crippen molar-refractivity contribution < 1.29 is 28.7 Å². The molecule has 12 heteroatoms. The number of ether oxygens (including phenoxy) is 1. The Kier molecular flexibility index (Phi) is 6.84. The molecule has 2 N–H and O–H groups in total. The number of hydrazine groups is 1. The summed E-state index contributed by atoms with van der Waals surface area (Å²) in [6, 6.07) is 4.85. The molecular weight excluding hydrogens is 586 g/mol. The number of carbonyl (C=O) groups excluding carboxylic acids is 5. The molecule has 176 valence electrons. The normalized spacial score (nSPS) is 30.7. The molecule has 1 saturated heterocycles. The molecular formula is C21H20Br2ClN3O6. The van der Waals surface area contributed by atoms with E-state index in [0.717, 1.165) is 11.3 Å². The Morgan fingerprint density at radius 3 is 2.15 bits per heavy atom. The van der Waals surface area contributed by atoms with Crippen LogP contribution in [0.15, 0.2) is 24.3 Å². The molecule has 1 aliphatic heterocycles. The Hall–Kier alpha value is -1.98. The van der Waals surface area contributed by atoms with Gasteiger partial charge in [-0.15, -0.1) is 0 Å². The quantitative estimate of drug-likeness (QED) is 0.229. The van der Waals surface area contributed by atoms with Gasteiger partial charge in [0.25, 0.3) is 11.8 Å². The summed E-state index contributed by atoms with van der Waals surface area (Å²) in [5.41, 5.74) is 4.59. The second-order valence-electron chi connectivity index (χ2n) is 8.34. The van der Waals surface area contributed by atoms with Crippen molar-refractivity contribution in [3.05, 3.63) is 34.9 Å². The predicted molar refractivity (Wildman–Crippen MR) is 123 cm³/mol. The minimum Gasteiger partial charge on any atom is -0.454 e. The van der Waals surface area contributed by atoms with Crippen LogP contribution < -0.4 is 10.9 Å². The zero-order valence-electron chi connectivity index (χ0n) is 17.3. The summed E-state index contributed by atoms with van der Waals surface area (Å²) in [4.78, 5) is 63.5. The van der Waals surface area contributed by atoms with Gasteiger partial charge < -0.3 is 4.74 Å². The van der Waals surface area contributed by atoms with E-state index in [1.54, 1.807) is 0 Å². The standard InChI is InChI=1S/C21H20Br2ClN3O6/c1-8(27-19(30)14-11-6-12(15(14)20(27)31)17(23)16(11)22)21(32)33-7-13(28)25-26-18(29)9-2-4-10(24)5-3-9/h2-5,8,11-12,14-17H,6-7H2,1H3,(H,25,28)(H,26,29)/t8-,11-,12-,14-,15+,16+,17+/m1/s1. The number of fused-ring (bicyclic) bond motifs is 5. The number of esters is 1. The molecule has 7 atom stereocenters. The van der Waals surface area contributed by atoms with Gasteiger partial charge in [-0.2, -0.15) is 0 Å². The van der Waals surface area contributed by atoms with Crippen molar-refractivity contribution in [2.45, 2.75) is 29.0 Å². The molecule has 1 heterocycles. The number of amides is 4. The average molecular weight is 606 g/mol. The molecule has 3 aliphatic rings. The molecule has 1 aromatic carbocycles. The highest BCUT2D eigenvalue weighted by Gasteiger charge is 2.67. The third-order valence-electron chi connectivity index (χ3n) is 6.52. The Labute approximate surface area is 211 Å². The first-order valence-electron chi connectivity index (χ1n) is 10.3. The van der Waals surface area contributed by atoms with Crippen molar-refractivity contribution in [3.63, 3.8) is 0 Å². The van der Waals surface area contributed by atoms with Gasteiger partial charge in [-0.05, 0) is 49.4 Å². The van der Waals surface area contributed by atoms with E-state index in [4.69, 9.17) is 16.3 Å². The van der Waals surface area contributed by atoms with Gasteiger partial charge in [-0.3, -0.25) is 34.9 Å². The number of nitrogens with zero attached hydrogens (tertiary/aromatic N) is 1. The molecule has 0 unspecified atom stereocenters. The van der Waals surface area contributed by atoms with E-state index in [2.05, 4.69) is 42.7 Å². The average Bonchev–Trinajstić information content (AvgIpc) is 3.40. The molecule has 0 spiro atoms. The van der Waals surface area contributed by atoms with Crippen LogP contribution >= 0.6 is 43.5 Å². The number of nitrogens with one attached hydrogen (secondary N) is 2. The minimum atomic E-state index is -1.16. The smallest absolute Gasteiger partial charge is 0.329 e. The van der Waals surface area contributed by atoms with E-state index in [9.17, 15) is 24.0 Å². The Balaban J connectivity index is 1.29. The van der Waals surface area contributed by atoms with Crippen molar-refractivity contribution >= 4 is 73.1 Å². The molecule has 2 bridgehead atoms. The largest absolute Gasteiger partial charge is 0.454 e. The van der Waals surface area contributed by atoms with Gasteiger partial charge in [0.1, 0.15) is 6.04 Å². The molecule has 0 radical (unpaired) electrons. The second-order valence-corrected chi connectivity index (χ2v) is 10.9. The fourth-order valence-corrected chi connectivity index (χ4v) is 6.95. The number of alkyl halides is 2. The third kappa shape index (κ3) is 4.30. The topological polar surface area (TPSA) is 122 Å². The Morgan fingerprint density at radius 2 is 1.61 bits per heavy atom. The molecule has 2 aliphatic carbocycles. The molecule has 4 amide bonds. The fraction of sp³-hybridized carbons (Fsp3) is 0.476. The first kappa shape index (κ1) is 24.2. The van der Waals surface area contributed by atoms with Crippen LogP contribution in [0, 0.1) is 23.7 Å². The van der Waals surface area contributed by atoms with Gasteiger partial charge >= 0.3 is 5.97 Å². The first-order valence-corrected chi connectivity index (χ1v) is 12.5. The predicted octanol–water partition coefficient (Wildman–Crippen LogP) is 1.81. The summed E-state index contributed by atoms with van der Waals surface area (Å²) in [5.74, 6) is -3.80. The van der Waals surface area contributed by atoms with Crippen molar-refractivity contribution in [1.82, 2.24) is 15.8 Å². The first-order chi connectivity index (χ1) is 15.6. The van der Waals surface area contributed by atoms with Crippen molar-refractivity contribution in [2.24, 2.45) is 23.7 Å². The second kappa shape index (κ2) is 9.34. The van der Waals surface area contributed by atoms with Crippen molar-refractivity contribution in [2.75, 3.05) is 6.61 Å². The molecule has 0 aromatic heterocycles. The van der Waals surface area contributed by atoms with Crippen LogP contribution in [0.3, 0.4) is 0 Å². The summed E-state index contributed by atoms with van der Waals surface area (Å²) >= 11 is 13.0. The number of carbonyl (C=O) groups is 5. The maximum Gasteiger partial charge on any atom is 0.329 e. The van der Waals surface area contributed by atoms with Gasteiger partial charge in [-0.25, -0.2) is 4.79 Å². The lowest BCUT2D eigenvalue weighted by atomic mass is 9.81. The van der Waals surface area contributed by atoms with Gasteiger partial charge in [0.05, 0.1) is 11.8 Å². The van der Waals surface area contributed by atoms with Gasteiger partial charge in [-0.1, -0.05) is 43.5 Å². The van der Waals surface area contributed by atoms with E-state index in [0.29, 0.717) is 5.02 Å². The molecule has 4 rings (SSSR count). The summed E-state index contributed by atoms with van der Waals surface area (Å²) in [6.45, 7) is 0.712. The monoisotopic (exact) mass is 603 g/mol. The van der Waals surface area contributed by atoms with E-state index < -0.39 is 42.3 Å². The molecule has 9 nitrogen and oxygen atoms in total. The van der Waals surface area contributed by atoms with Crippen LogP contribution in [-0.2, 0) is 23.9 Å². The van der Waals surface area contributed by atoms with Crippen molar-refractivity contribution in [1.29, 1.82) is 0 Å². The van der Waals surface area contributed by atoms with Crippen LogP contribution in [0.4, 0.5) is 0 Å². The summed E-state index contributed by atoms with van der Waals surface area (Å²) in [7, 11) is 0. The highest BCUT2D eigenvalue weighted by atomic mass is 79.9. The summed E-state index contributed by atoms with van der Waals surface area (Å²) < 4.78 is 4.98. The number of hydrogen-bond donors (Lipinski definition) is 2. The highest BCUT2D eigenvalue weighted by Crippen LogP contribution is 2.60. The molecule has 1 aromatic rings. The highest BCUT2D eigenvalue weighted by molar-refractivity contribution is 9.12. The number of imide groups is 1. The SMILES string of the molecule is C[C@H](C(=O)OCC(=O)NNC(=O)c1ccc(Cl)cc1)N1C(=O)[C@@H]2[C@H]3C[C@@H]([C@H](Br)[C@H]3Br)[C@@H]2C1=O. The molecule has 2 saturated carbocycles. The van der Waals surface area contributed by atoms with E-state index in [1.807, 2.05) is 0 Å². The maximum absolute atomic E-state index is 13.0. The van der Waals surface area contributed by atoms with E-state index in [1.165, 1.54) is 31.2 Å². The van der Waals surface area contributed by atoms with Crippen LogP contribution in [0.1, 0.15) is 23.7 Å². The van der Waals surface area contributed by atoms with Crippen molar-refractivity contribution in [3.8, 4) is 0 Å². The number of likely N-dealkylation sites (tertiary alicyclic amines) is 1. The van der Waals surface area contributed by atoms with Crippen LogP contribution in [0.25, 0.3) is 0 Å². The summed E-state index contributed by atoms with van der Waals surface area (Å²) in [5, 5.41) is 0.460. The Bertz CT molecular complexity index is 990. The van der Waals surface area contributed by atoms with E-state index >= 15 is 0 Å². The molecule has 33 heavy (non-hydrogen) atoms. The lowest BCUT2D eigenvalue weighted by molar-refractivity contribution is -0.160. The van der Waals surface area contributed by atoms with Gasteiger partial charge in [0.15, 0.2) is 6.61 Å². The number of benzene rings is 1. The zero-order chi connectivity index (χ0) is 24.0. The van der Waals surface area contributed by atoms with Gasteiger partial charge in [0, 0.05) is 20.2 Å².